The monoisotopic (exact) mass is 342 g/mol. The number of hydrogen-bond acceptors (Lipinski definition) is 4. The lowest BCUT2D eigenvalue weighted by molar-refractivity contribution is -0.131. The van der Waals surface area contributed by atoms with E-state index in [9.17, 15) is 14.7 Å². The molecule has 1 aliphatic heterocycles. The molecule has 7 nitrogen and oxygen atoms in total. The third-order valence-electron chi connectivity index (χ3n) is 4.27. The number of rotatable bonds is 4. The van der Waals surface area contributed by atoms with Crippen LogP contribution in [0.3, 0.4) is 0 Å². The van der Waals surface area contributed by atoms with Crippen LogP contribution in [0.1, 0.15) is 16.1 Å². The van der Waals surface area contributed by atoms with Crippen LogP contribution >= 0.6 is 0 Å². The molecule has 0 spiro atoms. The molecule has 0 bridgehead atoms. The molecule has 0 radical (unpaired) electrons. The summed E-state index contributed by atoms with van der Waals surface area (Å²) in [5.74, 6) is -0.491. The molecule has 1 aromatic heterocycles. The summed E-state index contributed by atoms with van der Waals surface area (Å²) in [5, 5.41) is 10.2. The molecule has 0 saturated carbocycles. The van der Waals surface area contributed by atoms with Gasteiger partial charge in [0.1, 0.15) is 12.2 Å². The van der Waals surface area contributed by atoms with Crippen LogP contribution in [-0.4, -0.2) is 68.6 Å². The van der Waals surface area contributed by atoms with Crippen LogP contribution in [0.5, 0.6) is 0 Å². The van der Waals surface area contributed by atoms with Crippen molar-refractivity contribution in [2.75, 3.05) is 26.2 Å². The van der Waals surface area contributed by atoms with Crippen LogP contribution in [0.25, 0.3) is 0 Å². The van der Waals surface area contributed by atoms with Gasteiger partial charge in [0.15, 0.2) is 0 Å². The fourth-order valence-corrected chi connectivity index (χ4v) is 2.96. The largest absolute Gasteiger partial charge is 0.389 e. The Bertz CT molecular complexity index is 744. The van der Waals surface area contributed by atoms with E-state index in [1.165, 1.54) is 11.2 Å². The third-order valence-corrected chi connectivity index (χ3v) is 4.27. The topological polar surface area (TPSA) is 78.7 Å². The van der Waals surface area contributed by atoms with Gasteiger partial charge in [0.05, 0.1) is 12.4 Å². The molecule has 1 atom stereocenters. The summed E-state index contributed by atoms with van der Waals surface area (Å²) in [6, 6.07) is 9.89. The van der Waals surface area contributed by atoms with E-state index in [1.807, 2.05) is 30.3 Å². The number of hydrogen-bond donors (Lipinski definition) is 1. The molecule has 2 amide bonds. The minimum absolute atomic E-state index is 0.0404. The SMILES string of the molecule is Cn1cnc(C(=O)N2CC(=O)N(CCc3ccccc3)CC(O)C2)c1. The van der Waals surface area contributed by atoms with Crippen molar-refractivity contribution in [3.05, 3.63) is 54.1 Å². The number of aromatic nitrogens is 2. The normalized spacial score (nSPS) is 18.3. The standard InChI is InChI=1S/C18H22N4O3/c1-20-11-16(19-13-20)18(25)22-10-15(23)9-21(17(24)12-22)8-7-14-5-3-2-4-6-14/h2-6,11,13,15,23H,7-10,12H2,1H3. The van der Waals surface area contributed by atoms with Crippen LogP contribution in [0.4, 0.5) is 0 Å². The zero-order valence-electron chi connectivity index (χ0n) is 14.2. The molecule has 0 aliphatic carbocycles. The highest BCUT2D eigenvalue weighted by Crippen LogP contribution is 2.11. The number of amides is 2. The van der Waals surface area contributed by atoms with Gasteiger partial charge in [-0.25, -0.2) is 4.98 Å². The number of imidazole rings is 1. The Morgan fingerprint density at radius 3 is 2.72 bits per heavy atom. The molecule has 1 aliphatic rings. The number of benzene rings is 1. The fourth-order valence-electron chi connectivity index (χ4n) is 2.96. The summed E-state index contributed by atoms with van der Waals surface area (Å²) in [6.45, 7) is 0.841. The Balaban J connectivity index is 1.65. The maximum Gasteiger partial charge on any atom is 0.274 e. The molecule has 1 unspecified atom stereocenters. The van der Waals surface area contributed by atoms with Gasteiger partial charge in [-0.1, -0.05) is 30.3 Å². The molecule has 25 heavy (non-hydrogen) atoms. The highest BCUT2D eigenvalue weighted by Gasteiger charge is 2.30. The van der Waals surface area contributed by atoms with Crippen LogP contribution in [0.15, 0.2) is 42.9 Å². The molecule has 3 rings (SSSR count). The van der Waals surface area contributed by atoms with E-state index >= 15 is 0 Å². The first-order valence-corrected chi connectivity index (χ1v) is 8.30. The van der Waals surface area contributed by atoms with Crippen molar-refractivity contribution < 1.29 is 14.7 Å². The number of aliphatic hydroxyl groups excluding tert-OH is 1. The Kier molecular flexibility index (Phi) is 5.14. The minimum Gasteiger partial charge on any atom is -0.389 e. The van der Waals surface area contributed by atoms with Gasteiger partial charge in [-0.3, -0.25) is 9.59 Å². The molecule has 1 saturated heterocycles. The molecule has 2 aromatic rings. The van der Waals surface area contributed by atoms with Crippen molar-refractivity contribution in [3.63, 3.8) is 0 Å². The second-order valence-electron chi connectivity index (χ2n) is 6.34. The van der Waals surface area contributed by atoms with E-state index < -0.39 is 6.10 Å². The van der Waals surface area contributed by atoms with Crippen LogP contribution in [0, 0.1) is 0 Å². The molecular weight excluding hydrogens is 320 g/mol. The zero-order valence-corrected chi connectivity index (χ0v) is 14.2. The lowest BCUT2D eigenvalue weighted by Crippen LogP contribution is -2.40. The van der Waals surface area contributed by atoms with Crippen molar-refractivity contribution in [2.24, 2.45) is 7.05 Å². The van der Waals surface area contributed by atoms with E-state index in [1.54, 1.807) is 22.7 Å². The minimum atomic E-state index is -0.769. The summed E-state index contributed by atoms with van der Waals surface area (Å²) in [5.41, 5.74) is 1.41. The van der Waals surface area contributed by atoms with Gasteiger partial charge < -0.3 is 19.5 Å². The van der Waals surface area contributed by atoms with Crippen LogP contribution < -0.4 is 0 Å². The molecule has 1 aromatic carbocycles. The first-order chi connectivity index (χ1) is 12.0. The van der Waals surface area contributed by atoms with E-state index in [2.05, 4.69) is 4.98 Å². The number of nitrogens with zero attached hydrogens (tertiary/aromatic N) is 4. The Morgan fingerprint density at radius 1 is 1.28 bits per heavy atom. The molecular formula is C18H22N4O3. The van der Waals surface area contributed by atoms with Gasteiger partial charge >= 0.3 is 0 Å². The fraction of sp³-hybridized carbons (Fsp3) is 0.389. The predicted octanol–water partition coefficient (Wildman–Crippen LogP) is 0.308. The van der Waals surface area contributed by atoms with Crippen LogP contribution in [0.2, 0.25) is 0 Å². The van der Waals surface area contributed by atoms with Gasteiger partial charge in [-0.2, -0.15) is 0 Å². The predicted molar refractivity (Wildman–Crippen MR) is 91.8 cm³/mol. The van der Waals surface area contributed by atoms with Gasteiger partial charge in [0, 0.05) is 32.9 Å². The van der Waals surface area contributed by atoms with Gasteiger partial charge in [-0.05, 0) is 12.0 Å². The highest BCUT2D eigenvalue weighted by atomic mass is 16.3. The lowest BCUT2D eigenvalue weighted by atomic mass is 10.1. The number of aryl methyl sites for hydroxylation is 1. The quantitative estimate of drug-likeness (QED) is 0.867. The van der Waals surface area contributed by atoms with Crippen molar-refractivity contribution in [2.45, 2.75) is 12.5 Å². The Morgan fingerprint density at radius 2 is 2.04 bits per heavy atom. The van der Waals surface area contributed by atoms with Crippen molar-refractivity contribution in [1.82, 2.24) is 19.4 Å². The first kappa shape index (κ1) is 17.2. The summed E-state index contributed by atoms with van der Waals surface area (Å²) in [4.78, 5) is 32.1. The Hall–Kier alpha value is -2.67. The maximum atomic E-state index is 12.5. The number of carbonyl (C=O) groups is 2. The lowest BCUT2D eigenvalue weighted by Gasteiger charge is -2.21. The highest BCUT2D eigenvalue weighted by molar-refractivity contribution is 5.95. The van der Waals surface area contributed by atoms with E-state index in [0.717, 1.165) is 5.56 Å². The second-order valence-corrected chi connectivity index (χ2v) is 6.34. The maximum absolute atomic E-state index is 12.5. The number of β-amino-alcohol motifs (C(OH)–C–C–N with tert-alkyl or cyclic N) is 1. The van der Waals surface area contributed by atoms with Crippen molar-refractivity contribution >= 4 is 11.8 Å². The molecule has 1 fully saturated rings. The summed E-state index contributed by atoms with van der Waals surface area (Å²) >= 11 is 0. The second kappa shape index (κ2) is 7.48. The summed E-state index contributed by atoms with van der Waals surface area (Å²) < 4.78 is 1.68. The zero-order chi connectivity index (χ0) is 17.8. The molecule has 7 heteroatoms. The average Bonchev–Trinajstić information content (AvgIpc) is 2.98. The molecule has 1 N–H and O–H groups in total. The van der Waals surface area contributed by atoms with Crippen LogP contribution in [-0.2, 0) is 18.3 Å². The van der Waals surface area contributed by atoms with Crippen molar-refractivity contribution in [1.29, 1.82) is 0 Å². The smallest absolute Gasteiger partial charge is 0.274 e. The summed E-state index contributed by atoms with van der Waals surface area (Å²) in [6.07, 6.45) is 3.09. The van der Waals surface area contributed by atoms with Gasteiger partial charge in [0.25, 0.3) is 5.91 Å². The number of carbonyl (C=O) groups excluding carboxylic acids is 2. The number of aliphatic hydroxyl groups is 1. The third kappa shape index (κ3) is 4.24. The van der Waals surface area contributed by atoms with E-state index in [-0.39, 0.29) is 37.1 Å². The van der Waals surface area contributed by atoms with Gasteiger partial charge in [0.2, 0.25) is 5.91 Å². The Labute approximate surface area is 146 Å². The molecule has 2 heterocycles. The van der Waals surface area contributed by atoms with Crippen molar-refractivity contribution in [3.8, 4) is 0 Å². The first-order valence-electron chi connectivity index (χ1n) is 8.30. The molecule has 132 valence electrons. The summed E-state index contributed by atoms with van der Waals surface area (Å²) in [7, 11) is 1.78. The average molecular weight is 342 g/mol. The van der Waals surface area contributed by atoms with E-state index in [4.69, 9.17) is 0 Å². The van der Waals surface area contributed by atoms with E-state index in [0.29, 0.717) is 13.0 Å². The van der Waals surface area contributed by atoms with Gasteiger partial charge in [-0.15, -0.1) is 0 Å².